The van der Waals surface area contributed by atoms with Crippen molar-refractivity contribution in [1.82, 2.24) is 14.3 Å². The van der Waals surface area contributed by atoms with E-state index in [2.05, 4.69) is 29.4 Å². The van der Waals surface area contributed by atoms with Crippen LogP contribution < -0.4 is 11.5 Å². The van der Waals surface area contributed by atoms with E-state index in [4.69, 9.17) is 11.5 Å². The summed E-state index contributed by atoms with van der Waals surface area (Å²) in [6, 6.07) is 17.0. The van der Waals surface area contributed by atoms with E-state index in [-0.39, 0.29) is 0 Å². The third-order valence-electron chi connectivity index (χ3n) is 5.75. The van der Waals surface area contributed by atoms with E-state index in [0.717, 1.165) is 34.6 Å². The molecule has 0 saturated heterocycles. The Morgan fingerprint density at radius 2 is 1.49 bits per heavy atom. The Morgan fingerprint density at radius 3 is 1.94 bits per heavy atom. The minimum absolute atomic E-state index is 0.373. The molecule has 5 N–H and O–H groups in total. The minimum Gasteiger partial charge on any atom is -0.478 e. The van der Waals surface area contributed by atoms with E-state index >= 15 is 0 Å². The average Bonchev–Trinajstić information content (AvgIpc) is 3.38. The molecule has 0 spiro atoms. The molecule has 0 radical (unpaired) electrons. The van der Waals surface area contributed by atoms with Crippen molar-refractivity contribution in [2.24, 2.45) is 11.5 Å². The first kappa shape index (κ1) is 25.5. The summed E-state index contributed by atoms with van der Waals surface area (Å²) in [7, 11) is 0. The number of nitrogens with two attached hydrogens (primary N) is 2. The number of amides is 1. The van der Waals surface area contributed by atoms with Crippen molar-refractivity contribution in [1.29, 1.82) is 0 Å². The number of hydrogen-bond acceptors (Lipinski definition) is 4. The summed E-state index contributed by atoms with van der Waals surface area (Å²) in [5.41, 5.74) is 17.5. The highest BCUT2D eigenvalue weighted by molar-refractivity contribution is 5.92. The maximum Gasteiger partial charge on any atom is 0.337 e. The van der Waals surface area contributed by atoms with Gasteiger partial charge in [-0.25, -0.2) is 4.79 Å². The van der Waals surface area contributed by atoms with E-state index in [9.17, 15) is 14.7 Å². The minimum atomic E-state index is -0.876. The zero-order valence-electron chi connectivity index (χ0n) is 20.2. The Bertz CT molecular complexity index is 1300. The summed E-state index contributed by atoms with van der Waals surface area (Å²) in [6.07, 6.45) is 3.87. The number of aryl methyl sites for hydroxylation is 2. The first-order valence-electron chi connectivity index (χ1n) is 11.2. The normalized spacial score (nSPS) is 10.5. The van der Waals surface area contributed by atoms with Crippen LogP contribution in [0.4, 0.5) is 0 Å². The molecule has 0 saturated carbocycles. The van der Waals surface area contributed by atoms with Gasteiger partial charge in [-0.2, -0.15) is 5.10 Å². The van der Waals surface area contributed by atoms with E-state index in [0.29, 0.717) is 24.2 Å². The SMILES string of the molecule is Cc1cnn(Cc2ccc(Cn3c(C)cc(C(=O)O)c3C)cc2)c1.NCc1ccc(C(N)=O)cc1. The number of nitrogens with zero attached hydrogens (tertiary/aromatic N) is 3. The Labute approximate surface area is 204 Å². The summed E-state index contributed by atoms with van der Waals surface area (Å²) in [5.74, 6) is -1.28. The predicted octanol–water partition coefficient (Wildman–Crippen LogP) is 3.65. The molecule has 0 bridgehead atoms. The Kier molecular flexibility index (Phi) is 8.22. The summed E-state index contributed by atoms with van der Waals surface area (Å²) in [6.45, 7) is 7.72. The summed E-state index contributed by atoms with van der Waals surface area (Å²) >= 11 is 0. The van der Waals surface area contributed by atoms with Crippen LogP contribution in [0.2, 0.25) is 0 Å². The highest BCUT2D eigenvalue weighted by Crippen LogP contribution is 2.18. The fraction of sp³-hybridized carbons (Fsp3) is 0.222. The molecule has 182 valence electrons. The van der Waals surface area contributed by atoms with Gasteiger partial charge in [-0.1, -0.05) is 36.4 Å². The summed E-state index contributed by atoms with van der Waals surface area (Å²) in [4.78, 5) is 21.8. The molecule has 8 nitrogen and oxygen atoms in total. The van der Waals surface area contributed by atoms with Crippen LogP contribution in [0.5, 0.6) is 0 Å². The molecule has 1 amide bonds. The Morgan fingerprint density at radius 1 is 0.914 bits per heavy atom. The summed E-state index contributed by atoms with van der Waals surface area (Å²) < 4.78 is 3.96. The van der Waals surface area contributed by atoms with Crippen molar-refractivity contribution in [2.45, 2.75) is 40.4 Å². The van der Waals surface area contributed by atoms with Crippen molar-refractivity contribution >= 4 is 11.9 Å². The second-order valence-corrected chi connectivity index (χ2v) is 8.47. The van der Waals surface area contributed by atoms with Gasteiger partial charge >= 0.3 is 5.97 Å². The van der Waals surface area contributed by atoms with Crippen LogP contribution in [0.3, 0.4) is 0 Å². The van der Waals surface area contributed by atoms with Gasteiger partial charge in [0.2, 0.25) is 5.91 Å². The molecule has 8 heteroatoms. The Hall–Kier alpha value is -4.17. The van der Waals surface area contributed by atoms with Gasteiger partial charge in [0.25, 0.3) is 0 Å². The number of carbonyl (C=O) groups is 2. The largest absolute Gasteiger partial charge is 0.478 e. The van der Waals surface area contributed by atoms with Crippen LogP contribution >= 0.6 is 0 Å². The molecule has 2 aromatic heterocycles. The number of carbonyl (C=O) groups excluding carboxylic acids is 1. The maximum atomic E-state index is 11.2. The number of carboxylic acid groups (broad SMARTS) is 1. The molecule has 0 atom stereocenters. The van der Waals surface area contributed by atoms with Gasteiger partial charge in [0.1, 0.15) is 0 Å². The van der Waals surface area contributed by atoms with Gasteiger partial charge in [0, 0.05) is 36.2 Å². The van der Waals surface area contributed by atoms with E-state index in [1.54, 1.807) is 30.3 Å². The van der Waals surface area contributed by atoms with Crippen molar-refractivity contribution in [3.05, 3.63) is 112 Å². The number of hydrogen-bond donors (Lipinski definition) is 3. The van der Waals surface area contributed by atoms with Crippen LogP contribution in [0, 0.1) is 20.8 Å². The number of aromatic carboxylic acids is 1. The number of benzene rings is 2. The van der Waals surface area contributed by atoms with E-state index < -0.39 is 11.9 Å². The first-order valence-corrected chi connectivity index (χ1v) is 11.2. The third kappa shape index (κ3) is 6.68. The standard InChI is InChI=1S/C19H21N3O2.C8H10N2O/c1-13-9-20-21(10-13)11-16-4-6-17(7-5-16)12-22-14(2)8-18(15(22)3)19(23)24;9-5-6-1-3-7(4-2-6)8(10)11/h4-10H,11-12H2,1-3H3,(H,23,24);1-4H,5,9H2,(H2,10,11). The van der Waals surface area contributed by atoms with E-state index in [1.807, 2.05) is 42.4 Å². The lowest BCUT2D eigenvalue weighted by atomic mass is 10.1. The smallest absolute Gasteiger partial charge is 0.337 e. The van der Waals surface area contributed by atoms with Gasteiger partial charge < -0.3 is 21.1 Å². The van der Waals surface area contributed by atoms with E-state index in [1.165, 1.54) is 5.56 Å². The number of primary amides is 1. The molecule has 0 unspecified atom stereocenters. The van der Waals surface area contributed by atoms with Crippen molar-refractivity contribution in [3.8, 4) is 0 Å². The molecule has 4 aromatic rings. The first-order chi connectivity index (χ1) is 16.7. The number of carboxylic acids is 1. The molecule has 0 aliphatic rings. The van der Waals surface area contributed by atoms with Gasteiger partial charge in [-0.3, -0.25) is 9.48 Å². The predicted molar refractivity (Wildman–Crippen MR) is 135 cm³/mol. The second kappa shape index (κ2) is 11.3. The topological polar surface area (TPSA) is 129 Å². The second-order valence-electron chi connectivity index (χ2n) is 8.47. The van der Waals surface area contributed by atoms with Crippen LogP contribution in [-0.2, 0) is 19.6 Å². The van der Waals surface area contributed by atoms with Gasteiger partial charge in [-0.05, 0) is 61.2 Å². The lowest BCUT2D eigenvalue weighted by Crippen LogP contribution is -2.10. The Balaban J connectivity index is 0.000000261. The maximum absolute atomic E-state index is 11.2. The lowest BCUT2D eigenvalue weighted by molar-refractivity contribution is 0.0695. The number of aromatic nitrogens is 3. The molecule has 2 heterocycles. The summed E-state index contributed by atoms with van der Waals surface area (Å²) in [5, 5.41) is 13.5. The van der Waals surface area contributed by atoms with Crippen molar-refractivity contribution < 1.29 is 14.7 Å². The fourth-order valence-electron chi connectivity index (χ4n) is 3.74. The molecule has 2 aromatic carbocycles. The van der Waals surface area contributed by atoms with Gasteiger partial charge in [-0.15, -0.1) is 0 Å². The molecule has 0 aliphatic heterocycles. The highest BCUT2D eigenvalue weighted by Gasteiger charge is 2.14. The molecular formula is C27H31N5O3. The molecule has 4 rings (SSSR count). The third-order valence-corrected chi connectivity index (χ3v) is 5.75. The van der Waals surface area contributed by atoms with Crippen molar-refractivity contribution in [2.75, 3.05) is 0 Å². The zero-order chi connectivity index (χ0) is 25.5. The van der Waals surface area contributed by atoms with Gasteiger partial charge in [0.15, 0.2) is 0 Å². The van der Waals surface area contributed by atoms with Gasteiger partial charge in [0.05, 0.1) is 18.3 Å². The molecule has 0 fully saturated rings. The highest BCUT2D eigenvalue weighted by atomic mass is 16.4. The quantitative estimate of drug-likeness (QED) is 0.377. The fourth-order valence-corrected chi connectivity index (χ4v) is 3.74. The molecule has 35 heavy (non-hydrogen) atoms. The van der Waals surface area contributed by atoms with Crippen LogP contribution in [-0.4, -0.2) is 31.3 Å². The van der Waals surface area contributed by atoms with Crippen LogP contribution in [0.15, 0.2) is 67.0 Å². The monoisotopic (exact) mass is 473 g/mol. The lowest BCUT2D eigenvalue weighted by Gasteiger charge is -2.10. The zero-order valence-corrected chi connectivity index (χ0v) is 20.2. The van der Waals surface area contributed by atoms with Crippen LogP contribution in [0.25, 0.3) is 0 Å². The molecular weight excluding hydrogens is 442 g/mol. The molecule has 0 aliphatic carbocycles. The van der Waals surface area contributed by atoms with Crippen molar-refractivity contribution in [3.63, 3.8) is 0 Å². The number of rotatable bonds is 7. The van der Waals surface area contributed by atoms with Crippen LogP contribution in [0.1, 0.15) is 54.4 Å². The average molecular weight is 474 g/mol.